The van der Waals surface area contributed by atoms with E-state index in [2.05, 4.69) is 0 Å². The summed E-state index contributed by atoms with van der Waals surface area (Å²) in [5, 5.41) is 12.6. The molecule has 2 rings (SSSR count). The first kappa shape index (κ1) is 16.1. The van der Waals surface area contributed by atoms with Crippen LogP contribution in [0.3, 0.4) is 0 Å². The van der Waals surface area contributed by atoms with E-state index in [-0.39, 0.29) is 0 Å². The molecule has 0 aromatic rings. The number of carbonyl (C=O) groups excluding carboxylic acids is 1. The van der Waals surface area contributed by atoms with Crippen molar-refractivity contribution in [1.82, 2.24) is 0 Å². The van der Waals surface area contributed by atoms with Crippen LogP contribution in [0.2, 0.25) is 0 Å². The van der Waals surface area contributed by atoms with E-state index in [0.717, 1.165) is 6.42 Å². The van der Waals surface area contributed by atoms with Crippen LogP contribution in [0, 0.1) is 16.9 Å². The first-order valence-electron chi connectivity index (χ1n) is 7.39. The fourth-order valence-corrected chi connectivity index (χ4v) is 2.71. The Morgan fingerprint density at radius 1 is 0.857 bits per heavy atom. The fraction of sp³-hybridized carbons (Fsp3) is 0.647. The zero-order valence-corrected chi connectivity index (χ0v) is 13.8. The average Bonchev–Trinajstić information content (AvgIpc) is 2.52. The van der Waals surface area contributed by atoms with Crippen LogP contribution in [0.1, 0.15) is 48.0 Å². The first-order valence-corrected chi connectivity index (χ1v) is 7.39. The topological polar surface area (TPSA) is 58.6 Å². The highest BCUT2D eigenvalue weighted by molar-refractivity contribution is 6.09. The van der Waals surface area contributed by atoms with Crippen LogP contribution in [0.5, 0.6) is 0 Å². The summed E-state index contributed by atoms with van der Waals surface area (Å²) in [7, 11) is 0. The monoisotopic (exact) mass is 292 g/mol. The van der Waals surface area contributed by atoms with E-state index in [0.29, 0.717) is 35.9 Å². The largest absolute Gasteiger partial charge is 0.840 e. The van der Waals surface area contributed by atoms with Crippen molar-refractivity contribution in [2.24, 2.45) is 10.8 Å². The number of Topliss-reactive ketones (excluding diaryl/α,β-unsaturated/α-hetero) is 1. The third kappa shape index (κ3) is 2.86. The molecular formula is C17H24O4-. The van der Waals surface area contributed by atoms with Gasteiger partial charge in [-0.05, 0) is 22.5 Å². The van der Waals surface area contributed by atoms with Gasteiger partial charge < -0.3 is 14.6 Å². The van der Waals surface area contributed by atoms with Crippen LogP contribution < -0.4 is 5.11 Å². The maximum absolute atomic E-state index is 12.6. The van der Waals surface area contributed by atoms with Gasteiger partial charge in [-0.25, -0.2) is 0 Å². The van der Waals surface area contributed by atoms with Crippen molar-refractivity contribution < 1.29 is 19.4 Å². The van der Waals surface area contributed by atoms with Gasteiger partial charge in [-0.1, -0.05) is 41.5 Å². The van der Waals surface area contributed by atoms with Crippen molar-refractivity contribution in [3.63, 3.8) is 0 Å². The summed E-state index contributed by atoms with van der Waals surface area (Å²) in [4.78, 5) is 12.6. The number of rotatable bonds is 0. The van der Waals surface area contributed by atoms with Crippen LogP contribution in [0.15, 0.2) is 22.7 Å². The first-order chi connectivity index (χ1) is 9.55. The molecule has 0 N–H and O–H groups in total. The molecule has 4 nitrogen and oxygen atoms in total. The number of carbonyl (C=O) groups is 1. The molecule has 1 aliphatic heterocycles. The molecule has 2 aliphatic rings. The second-order valence-electron chi connectivity index (χ2n) is 7.62. The lowest BCUT2D eigenvalue weighted by Gasteiger charge is -2.41. The predicted octanol–water partition coefficient (Wildman–Crippen LogP) is 2.50. The third-order valence-corrected chi connectivity index (χ3v) is 3.60. The van der Waals surface area contributed by atoms with E-state index in [4.69, 9.17) is 9.47 Å². The standard InChI is InChI=1S/C17H24O4/c1-16(2,3)10-12(18)13(19)11(17(4,5)6)15-14(10)20-8-7-9-21-15/h7-9H2,1-6H3/q-1. The van der Waals surface area contributed by atoms with Gasteiger partial charge in [0.05, 0.1) is 13.2 Å². The summed E-state index contributed by atoms with van der Waals surface area (Å²) in [6, 6.07) is 0. The summed E-state index contributed by atoms with van der Waals surface area (Å²) in [5.74, 6) is 0.473. The fourth-order valence-electron chi connectivity index (χ4n) is 2.71. The molecule has 0 amide bonds. The average molecular weight is 292 g/mol. The molecule has 1 saturated heterocycles. The van der Waals surface area contributed by atoms with Crippen LogP contribution in [-0.2, 0) is 14.3 Å². The second-order valence-corrected chi connectivity index (χ2v) is 7.62. The maximum Gasteiger partial charge on any atom is 0.168 e. The lowest BCUT2D eigenvalue weighted by Crippen LogP contribution is -2.41. The highest BCUT2D eigenvalue weighted by Gasteiger charge is 2.42. The summed E-state index contributed by atoms with van der Waals surface area (Å²) in [6.07, 6.45) is 0.279. The number of fused-ring (bicyclic) bond motifs is 1. The van der Waals surface area contributed by atoms with Crippen LogP contribution >= 0.6 is 0 Å². The Balaban J connectivity index is 2.75. The minimum Gasteiger partial charge on any atom is -0.840 e. The van der Waals surface area contributed by atoms with Gasteiger partial charge in [0, 0.05) is 12.0 Å². The van der Waals surface area contributed by atoms with Crippen molar-refractivity contribution in [3.05, 3.63) is 28.8 Å². The van der Waals surface area contributed by atoms with Crippen molar-refractivity contribution in [2.75, 3.05) is 13.2 Å². The van der Waals surface area contributed by atoms with Gasteiger partial charge in [0.2, 0.25) is 0 Å². The smallest absolute Gasteiger partial charge is 0.168 e. The number of ketones is 1. The minimum atomic E-state index is -0.468. The lowest BCUT2D eigenvalue weighted by molar-refractivity contribution is -0.337. The molecule has 1 heterocycles. The molecule has 0 unspecified atom stereocenters. The van der Waals surface area contributed by atoms with Gasteiger partial charge in [0.1, 0.15) is 0 Å². The Bertz CT molecular complexity index is 512. The SMILES string of the molecule is CC(C)(C)C1=C2OCCCOC2=C(C(C)(C)C)C(=O)[C]1[O-]. The Labute approximate surface area is 126 Å². The van der Waals surface area contributed by atoms with E-state index in [1.54, 1.807) is 0 Å². The van der Waals surface area contributed by atoms with E-state index >= 15 is 0 Å². The highest BCUT2D eigenvalue weighted by atomic mass is 16.5. The molecule has 1 radical (unpaired) electrons. The summed E-state index contributed by atoms with van der Waals surface area (Å²) in [5.41, 5.74) is -0.0793. The van der Waals surface area contributed by atoms with Crippen LogP contribution in [-0.4, -0.2) is 19.0 Å². The molecule has 0 saturated carbocycles. The highest BCUT2D eigenvalue weighted by Crippen LogP contribution is 2.46. The van der Waals surface area contributed by atoms with Crippen molar-refractivity contribution in [3.8, 4) is 0 Å². The van der Waals surface area contributed by atoms with Gasteiger partial charge >= 0.3 is 0 Å². The predicted molar refractivity (Wildman–Crippen MR) is 77.7 cm³/mol. The molecule has 1 fully saturated rings. The molecule has 0 spiro atoms. The van der Waals surface area contributed by atoms with Crippen LogP contribution in [0.4, 0.5) is 0 Å². The van der Waals surface area contributed by atoms with Gasteiger partial charge in [0.15, 0.2) is 17.3 Å². The molecule has 117 valence electrons. The van der Waals surface area contributed by atoms with Crippen LogP contribution in [0.25, 0.3) is 0 Å². The third-order valence-electron chi connectivity index (χ3n) is 3.60. The Morgan fingerprint density at radius 3 is 1.71 bits per heavy atom. The van der Waals surface area contributed by atoms with Crippen molar-refractivity contribution in [2.45, 2.75) is 48.0 Å². The molecule has 0 bridgehead atoms. The van der Waals surface area contributed by atoms with E-state index in [1.807, 2.05) is 41.5 Å². The Morgan fingerprint density at radius 2 is 1.29 bits per heavy atom. The number of hydrogen-bond donors (Lipinski definition) is 0. The molecule has 0 aromatic heterocycles. The number of ether oxygens (including phenoxy) is 2. The zero-order chi connectivity index (χ0) is 16.0. The van der Waals surface area contributed by atoms with E-state index in [9.17, 15) is 9.90 Å². The molecule has 0 atom stereocenters. The second kappa shape index (κ2) is 5.16. The number of hydrogen-bond acceptors (Lipinski definition) is 4. The lowest BCUT2D eigenvalue weighted by atomic mass is 9.71. The van der Waals surface area contributed by atoms with E-state index in [1.165, 1.54) is 0 Å². The van der Waals surface area contributed by atoms with E-state index < -0.39 is 22.7 Å². The molecule has 1 aliphatic carbocycles. The quantitative estimate of drug-likeness (QED) is 0.688. The van der Waals surface area contributed by atoms with Crippen molar-refractivity contribution in [1.29, 1.82) is 0 Å². The normalized spacial score (nSPS) is 21.8. The van der Waals surface area contributed by atoms with Gasteiger partial charge in [-0.2, -0.15) is 0 Å². The molecule has 0 aromatic carbocycles. The molecule has 21 heavy (non-hydrogen) atoms. The zero-order valence-electron chi connectivity index (χ0n) is 13.8. The van der Waals surface area contributed by atoms with Gasteiger partial charge in [-0.3, -0.25) is 4.79 Å². The Hall–Kier alpha value is -1.29. The summed E-state index contributed by atoms with van der Waals surface area (Å²) in [6.45, 7) is 12.5. The maximum atomic E-state index is 12.6. The molecule has 4 heteroatoms. The summed E-state index contributed by atoms with van der Waals surface area (Å²) < 4.78 is 11.6. The van der Waals surface area contributed by atoms with Gasteiger partial charge in [-0.15, -0.1) is 0 Å². The minimum absolute atomic E-state index is 0.428. The molecular weight excluding hydrogens is 268 g/mol. The summed E-state index contributed by atoms with van der Waals surface area (Å²) >= 11 is 0. The Kier molecular flexibility index (Phi) is 3.96. The van der Waals surface area contributed by atoms with Crippen molar-refractivity contribution >= 4 is 5.78 Å². The van der Waals surface area contributed by atoms with Gasteiger partial charge in [0.25, 0.3) is 0 Å².